The molecular formula is C10H7ClO6S3. The molecule has 2 N–H and O–H groups in total. The molecule has 0 fully saturated rings. The van der Waals surface area contributed by atoms with Crippen LogP contribution in [0.25, 0.3) is 10.4 Å². The van der Waals surface area contributed by atoms with Crippen LogP contribution in [-0.2, 0) is 20.2 Å². The Balaban J connectivity index is 2.84. The lowest BCUT2D eigenvalue weighted by atomic mass is 10.2. The van der Waals surface area contributed by atoms with Gasteiger partial charge >= 0.3 is 0 Å². The Morgan fingerprint density at radius 3 is 2.10 bits per heavy atom. The smallest absolute Gasteiger partial charge is 0.282 e. The SMILES string of the molecule is O=S(=O)(O)c1ccc(S(=O)(=O)O)c(-c2sccc2Cl)c1. The summed E-state index contributed by atoms with van der Waals surface area (Å²) in [6, 6.07) is 4.21. The molecule has 2 rings (SSSR count). The number of benzene rings is 1. The third kappa shape index (κ3) is 3.03. The van der Waals surface area contributed by atoms with Gasteiger partial charge in [-0.1, -0.05) is 11.6 Å². The van der Waals surface area contributed by atoms with Crippen LogP contribution in [0.2, 0.25) is 5.02 Å². The van der Waals surface area contributed by atoms with Crippen molar-refractivity contribution in [3.8, 4) is 10.4 Å². The van der Waals surface area contributed by atoms with Crippen molar-refractivity contribution in [3.05, 3.63) is 34.7 Å². The van der Waals surface area contributed by atoms with E-state index in [0.717, 1.165) is 29.5 Å². The minimum atomic E-state index is -4.57. The zero-order chi connectivity index (χ0) is 15.1. The Labute approximate surface area is 124 Å². The summed E-state index contributed by atoms with van der Waals surface area (Å²) in [4.78, 5) is -0.719. The van der Waals surface area contributed by atoms with Gasteiger partial charge in [-0.3, -0.25) is 9.11 Å². The van der Waals surface area contributed by atoms with E-state index in [9.17, 15) is 21.4 Å². The first-order valence-corrected chi connectivity index (χ1v) is 9.07. The highest BCUT2D eigenvalue weighted by Crippen LogP contribution is 2.38. The molecular weight excluding hydrogens is 348 g/mol. The van der Waals surface area contributed by atoms with Crippen LogP contribution in [0.15, 0.2) is 39.4 Å². The summed E-state index contributed by atoms with van der Waals surface area (Å²) >= 11 is 6.95. The van der Waals surface area contributed by atoms with E-state index in [2.05, 4.69) is 0 Å². The molecule has 1 aromatic heterocycles. The number of halogens is 1. The van der Waals surface area contributed by atoms with Gasteiger partial charge in [-0.25, -0.2) is 0 Å². The molecule has 1 heterocycles. The molecule has 6 nitrogen and oxygen atoms in total. The molecule has 2 aromatic rings. The van der Waals surface area contributed by atoms with Crippen molar-refractivity contribution in [2.75, 3.05) is 0 Å². The van der Waals surface area contributed by atoms with Gasteiger partial charge in [0.1, 0.15) is 4.90 Å². The lowest BCUT2D eigenvalue weighted by Gasteiger charge is -2.08. The Hall–Kier alpha value is -0.970. The van der Waals surface area contributed by atoms with Crippen molar-refractivity contribution in [1.29, 1.82) is 0 Å². The number of rotatable bonds is 3. The summed E-state index contributed by atoms with van der Waals surface area (Å²) in [7, 11) is -9.07. The quantitative estimate of drug-likeness (QED) is 0.820. The van der Waals surface area contributed by atoms with Crippen LogP contribution < -0.4 is 0 Å². The molecule has 10 heteroatoms. The van der Waals surface area contributed by atoms with Crippen LogP contribution in [0.3, 0.4) is 0 Å². The Morgan fingerprint density at radius 2 is 1.65 bits per heavy atom. The summed E-state index contributed by atoms with van der Waals surface area (Å²) < 4.78 is 63.1. The summed E-state index contributed by atoms with van der Waals surface area (Å²) in [6.07, 6.45) is 0. The first-order chi connectivity index (χ1) is 9.10. The summed E-state index contributed by atoms with van der Waals surface area (Å²) in [5.74, 6) is 0. The van der Waals surface area contributed by atoms with E-state index >= 15 is 0 Å². The molecule has 0 saturated carbocycles. The average Bonchev–Trinajstić information content (AvgIpc) is 2.72. The first-order valence-electron chi connectivity index (χ1n) is 4.93. The van der Waals surface area contributed by atoms with Gasteiger partial charge in [-0.15, -0.1) is 11.3 Å². The van der Waals surface area contributed by atoms with Crippen LogP contribution in [0.4, 0.5) is 0 Å². The van der Waals surface area contributed by atoms with Gasteiger partial charge in [-0.2, -0.15) is 16.8 Å². The zero-order valence-electron chi connectivity index (χ0n) is 9.52. The van der Waals surface area contributed by atoms with Gasteiger partial charge in [0.15, 0.2) is 0 Å². The highest BCUT2D eigenvalue weighted by Gasteiger charge is 2.22. The van der Waals surface area contributed by atoms with Crippen LogP contribution >= 0.6 is 22.9 Å². The molecule has 0 saturated heterocycles. The van der Waals surface area contributed by atoms with E-state index in [4.69, 9.17) is 16.2 Å². The van der Waals surface area contributed by atoms with Crippen molar-refractivity contribution < 1.29 is 25.9 Å². The second-order valence-corrected chi connectivity index (χ2v) is 7.84. The highest BCUT2D eigenvalue weighted by atomic mass is 35.5. The van der Waals surface area contributed by atoms with Crippen molar-refractivity contribution in [2.24, 2.45) is 0 Å². The normalized spacial score (nSPS) is 12.6. The molecule has 0 bridgehead atoms. The fourth-order valence-electron chi connectivity index (χ4n) is 1.56. The molecule has 0 unspecified atom stereocenters. The van der Waals surface area contributed by atoms with Crippen molar-refractivity contribution in [2.45, 2.75) is 9.79 Å². The average molecular weight is 355 g/mol. The van der Waals surface area contributed by atoms with E-state index < -0.39 is 30.0 Å². The lowest BCUT2D eigenvalue weighted by Crippen LogP contribution is -2.04. The summed E-state index contributed by atoms with van der Waals surface area (Å²) in [5, 5.41) is 1.78. The Morgan fingerprint density at radius 1 is 1.00 bits per heavy atom. The molecule has 0 aliphatic rings. The Bertz CT molecular complexity index is 866. The van der Waals surface area contributed by atoms with E-state index in [0.29, 0.717) is 0 Å². The molecule has 0 aliphatic carbocycles. The van der Waals surface area contributed by atoms with E-state index in [1.165, 1.54) is 6.07 Å². The van der Waals surface area contributed by atoms with Gasteiger partial charge in [0.2, 0.25) is 0 Å². The fourth-order valence-corrected chi connectivity index (χ4v) is 4.00. The second-order valence-electron chi connectivity index (χ2n) is 3.71. The largest absolute Gasteiger partial charge is 0.295 e. The van der Waals surface area contributed by atoms with Gasteiger partial charge in [-0.05, 0) is 29.6 Å². The molecule has 0 aliphatic heterocycles. The third-order valence-corrected chi connectivity index (χ3v) is 5.52. The molecule has 0 amide bonds. The number of hydrogen-bond donors (Lipinski definition) is 2. The van der Waals surface area contributed by atoms with Gasteiger partial charge in [0, 0.05) is 5.56 Å². The summed E-state index contributed by atoms with van der Waals surface area (Å²) in [5.41, 5.74) is -0.0948. The zero-order valence-corrected chi connectivity index (χ0v) is 12.7. The molecule has 108 valence electrons. The lowest BCUT2D eigenvalue weighted by molar-refractivity contribution is 0.479. The van der Waals surface area contributed by atoms with Crippen molar-refractivity contribution >= 4 is 43.2 Å². The van der Waals surface area contributed by atoms with Gasteiger partial charge in [0.25, 0.3) is 20.2 Å². The van der Waals surface area contributed by atoms with Gasteiger partial charge in [0.05, 0.1) is 14.8 Å². The molecule has 0 atom stereocenters. The van der Waals surface area contributed by atoms with E-state index in [1.54, 1.807) is 5.38 Å². The predicted octanol–water partition coefficient (Wildman–Crippen LogP) is 2.56. The third-order valence-electron chi connectivity index (χ3n) is 2.39. The van der Waals surface area contributed by atoms with E-state index in [-0.39, 0.29) is 15.5 Å². The maximum absolute atomic E-state index is 11.3. The minimum Gasteiger partial charge on any atom is -0.282 e. The van der Waals surface area contributed by atoms with Crippen molar-refractivity contribution in [1.82, 2.24) is 0 Å². The molecule has 0 radical (unpaired) electrons. The topological polar surface area (TPSA) is 109 Å². The van der Waals surface area contributed by atoms with Crippen molar-refractivity contribution in [3.63, 3.8) is 0 Å². The predicted molar refractivity (Wildman–Crippen MR) is 74.4 cm³/mol. The van der Waals surface area contributed by atoms with Crippen LogP contribution in [0, 0.1) is 0 Å². The molecule has 1 aromatic carbocycles. The standard InChI is InChI=1S/C10H7ClO6S3/c11-8-3-4-18-10(8)7-5-6(19(12,13)14)1-2-9(7)20(15,16)17/h1-5H,(H,12,13,14)(H,15,16,17). The summed E-state index contributed by atoms with van der Waals surface area (Å²) in [6.45, 7) is 0. The van der Waals surface area contributed by atoms with Gasteiger partial charge < -0.3 is 0 Å². The molecule has 20 heavy (non-hydrogen) atoms. The minimum absolute atomic E-state index is 0.0948. The number of hydrogen-bond acceptors (Lipinski definition) is 5. The van der Waals surface area contributed by atoms with E-state index in [1.807, 2.05) is 0 Å². The second kappa shape index (κ2) is 5.10. The fraction of sp³-hybridized carbons (Fsp3) is 0. The first kappa shape index (κ1) is 15.4. The van der Waals surface area contributed by atoms with Crippen LogP contribution in [0.1, 0.15) is 0 Å². The van der Waals surface area contributed by atoms with Crippen LogP contribution in [0.5, 0.6) is 0 Å². The highest BCUT2D eigenvalue weighted by molar-refractivity contribution is 7.86. The Kier molecular flexibility index (Phi) is 3.93. The molecule has 0 spiro atoms. The number of thiophene rings is 1. The monoisotopic (exact) mass is 354 g/mol. The van der Waals surface area contributed by atoms with Crippen LogP contribution in [-0.4, -0.2) is 25.9 Å². The maximum Gasteiger partial charge on any atom is 0.295 e. The maximum atomic E-state index is 11.3.